The fourth-order valence-corrected chi connectivity index (χ4v) is 1.96. The molecule has 92 valence electrons. The zero-order chi connectivity index (χ0) is 13.1. The fraction of sp³-hybridized carbons (Fsp3) is 0. The number of carbonyl (C=O) groups excluding carboxylic acids is 1. The maximum absolute atomic E-state index is 11.9. The predicted molar refractivity (Wildman–Crippen MR) is 80.8 cm³/mol. The number of nitrogens with one attached hydrogen (secondary N) is 1. The first kappa shape index (κ1) is 13.1. The SMILES string of the molecule is Nc1cc(C(=O)Nc2ccc(I)cc2)cc(Cl)n1. The highest BCUT2D eigenvalue weighted by Crippen LogP contribution is 2.15. The molecular formula is C12H9ClIN3O. The zero-order valence-corrected chi connectivity index (χ0v) is 12.1. The molecule has 0 saturated carbocycles. The number of amides is 1. The number of anilines is 2. The Hall–Kier alpha value is -1.34. The Kier molecular flexibility index (Phi) is 4.03. The summed E-state index contributed by atoms with van der Waals surface area (Å²) in [4.78, 5) is 15.7. The van der Waals surface area contributed by atoms with Gasteiger partial charge in [-0.2, -0.15) is 0 Å². The highest BCUT2D eigenvalue weighted by molar-refractivity contribution is 14.1. The van der Waals surface area contributed by atoms with Crippen molar-refractivity contribution in [2.24, 2.45) is 0 Å². The van der Waals surface area contributed by atoms with Crippen molar-refractivity contribution in [2.75, 3.05) is 11.1 Å². The van der Waals surface area contributed by atoms with Crippen LogP contribution < -0.4 is 11.1 Å². The molecule has 4 nitrogen and oxygen atoms in total. The summed E-state index contributed by atoms with van der Waals surface area (Å²) in [5, 5.41) is 2.95. The van der Waals surface area contributed by atoms with Gasteiger partial charge in [0.2, 0.25) is 0 Å². The van der Waals surface area contributed by atoms with E-state index in [-0.39, 0.29) is 16.9 Å². The van der Waals surface area contributed by atoms with Gasteiger partial charge in [-0.1, -0.05) is 11.6 Å². The number of nitrogens with zero attached hydrogens (tertiary/aromatic N) is 1. The number of pyridine rings is 1. The number of aromatic nitrogens is 1. The van der Waals surface area contributed by atoms with Gasteiger partial charge in [0.25, 0.3) is 5.91 Å². The molecule has 0 fully saturated rings. The number of nitrogens with two attached hydrogens (primary N) is 1. The van der Waals surface area contributed by atoms with Gasteiger partial charge in [0, 0.05) is 14.8 Å². The van der Waals surface area contributed by atoms with Crippen LogP contribution in [0.1, 0.15) is 10.4 Å². The molecule has 1 aromatic heterocycles. The normalized spacial score (nSPS) is 10.1. The number of halogens is 2. The molecule has 0 aliphatic heterocycles. The van der Waals surface area contributed by atoms with Crippen LogP contribution in [0, 0.1) is 3.57 Å². The van der Waals surface area contributed by atoms with Crippen LogP contribution in [0.5, 0.6) is 0 Å². The zero-order valence-electron chi connectivity index (χ0n) is 9.15. The number of benzene rings is 1. The highest BCUT2D eigenvalue weighted by Gasteiger charge is 2.08. The van der Waals surface area contributed by atoms with Gasteiger partial charge < -0.3 is 11.1 Å². The quantitative estimate of drug-likeness (QED) is 0.627. The minimum Gasteiger partial charge on any atom is -0.384 e. The van der Waals surface area contributed by atoms with Gasteiger partial charge in [-0.25, -0.2) is 4.98 Å². The van der Waals surface area contributed by atoms with Crippen LogP contribution in [0.4, 0.5) is 11.5 Å². The van der Waals surface area contributed by atoms with Gasteiger partial charge in [-0.05, 0) is 59.0 Å². The molecule has 0 aliphatic rings. The van der Waals surface area contributed by atoms with Crippen LogP contribution in [0.2, 0.25) is 5.15 Å². The molecule has 0 atom stereocenters. The van der Waals surface area contributed by atoms with Gasteiger partial charge in [0.15, 0.2) is 0 Å². The highest BCUT2D eigenvalue weighted by atomic mass is 127. The maximum atomic E-state index is 11.9. The molecule has 0 bridgehead atoms. The lowest BCUT2D eigenvalue weighted by Gasteiger charge is -2.06. The molecule has 3 N–H and O–H groups in total. The van der Waals surface area contributed by atoms with E-state index in [0.717, 1.165) is 3.57 Å². The predicted octanol–water partition coefficient (Wildman–Crippen LogP) is 3.17. The molecule has 0 aliphatic carbocycles. The molecular weight excluding hydrogens is 365 g/mol. The second-order valence-corrected chi connectivity index (χ2v) is 5.20. The van der Waals surface area contributed by atoms with Gasteiger partial charge in [-0.3, -0.25) is 4.79 Å². The van der Waals surface area contributed by atoms with E-state index in [1.54, 1.807) is 0 Å². The molecule has 6 heteroatoms. The van der Waals surface area contributed by atoms with Crippen LogP contribution in [0.15, 0.2) is 36.4 Å². The fourth-order valence-electron chi connectivity index (χ4n) is 1.38. The molecule has 0 unspecified atom stereocenters. The summed E-state index contributed by atoms with van der Waals surface area (Å²) in [5.74, 6) is -0.0533. The monoisotopic (exact) mass is 373 g/mol. The van der Waals surface area contributed by atoms with E-state index in [9.17, 15) is 4.79 Å². The number of carbonyl (C=O) groups is 1. The number of hydrogen-bond donors (Lipinski definition) is 2. The first-order chi connectivity index (χ1) is 8.54. The Labute approximate surface area is 123 Å². The van der Waals surface area contributed by atoms with Crippen molar-refractivity contribution < 1.29 is 4.79 Å². The Bertz CT molecular complexity index is 566. The summed E-state index contributed by atoms with van der Waals surface area (Å²) < 4.78 is 1.10. The summed E-state index contributed by atoms with van der Waals surface area (Å²) in [7, 11) is 0. The smallest absolute Gasteiger partial charge is 0.255 e. The molecule has 0 saturated heterocycles. The molecule has 18 heavy (non-hydrogen) atoms. The van der Waals surface area contributed by atoms with Crippen molar-refractivity contribution in [3.63, 3.8) is 0 Å². The topological polar surface area (TPSA) is 68.0 Å². The van der Waals surface area contributed by atoms with Gasteiger partial charge in [0.05, 0.1) is 0 Å². The average molecular weight is 374 g/mol. The minimum absolute atomic E-state index is 0.197. The van der Waals surface area contributed by atoms with E-state index in [0.29, 0.717) is 11.3 Å². The molecule has 2 aromatic rings. The molecule has 1 heterocycles. The lowest BCUT2D eigenvalue weighted by molar-refractivity contribution is 0.102. The largest absolute Gasteiger partial charge is 0.384 e. The number of hydrogen-bond acceptors (Lipinski definition) is 3. The van der Waals surface area contributed by atoms with Gasteiger partial charge >= 0.3 is 0 Å². The van der Waals surface area contributed by atoms with E-state index in [2.05, 4.69) is 32.9 Å². The maximum Gasteiger partial charge on any atom is 0.255 e. The molecule has 0 spiro atoms. The summed E-state index contributed by atoms with van der Waals surface area (Å²) >= 11 is 7.94. The van der Waals surface area contributed by atoms with E-state index in [1.165, 1.54) is 12.1 Å². The van der Waals surface area contributed by atoms with E-state index in [1.807, 2.05) is 24.3 Å². The Morgan fingerprint density at radius 3 is 2.56 bits per heavy atom. The van der Waals surface area contributed by atoms with E-state index < -0.39 is 0 Å². The van der Waals surface area contributed by atoms with Crippen molar-refractivity contribution in [1.29, 1.82) is 0 Å². The van der Waals surface area contributed by atoms with Crippen molar-refractivity contribution in [1.82, 2.24) is 4.98 Å². The second kappa shape index (κ2) is 5.53. The third-order valence-corrected chi connectivity index (χ3v) is 3.09. The average Bonchev–Trinajstić information content (AvgIpc) is 2.31. The summed E-state index contributed by atoms with van der Waals surface area (Å²) in [5.41, 5.74) is 6.63. The lowest BCUT2D eigenvalue weighted by atomic mass is 10.2. The number of rotatable bonds is 2. The molecule has 0 radical (unpaired) electrons. The Balaban J connectivity index is 2.19. The van der Waals surface area contributed by atoms with Gasteiger partial charge in [-0.15, -0.1) is 0 Å². The van der Waals surface area contributed by atoms with Crippen molar-refractivity contribution in [2.45, 2.75) is 0 Å². The Morgan fingerprint density at radius 2 is 1.94 bits per heavy atom. The number of nitrogen functional groups attached to an aromatic ring is 1. The van der Waals surface area contributed by atoms with E-state index >= 15 is 0 Å². The van der Waals surface area contributed by atoms with Crippen LogP contribution in [-0.2, 0) is 0 Å². The lowest BCUT2D eigenvalue weighted by Crippen LogP contribution is -2.12. The summed E-state index contributed by atoms with van der Waals surface area (Å²) in [6, 6.07) is 10.4. The van der Waals surface area contributed by atoms with Crippen molar-refractivity contribution in [3.8, 4) is 0 Å². The van der Waals surface area contributed by atoms with Crippen molar-refractivity contribution >= 4 is 51.6 Å². The standard InChI is InChI=1S/C12H9ClIN3O/c13-10-5-7(6-11(15)17-10)12(18)16-9-3-1-8(14)2-4-9/h1-6H,(H2,15,17)(H,16,18). The third kappa shape index (κ3) is 3.33. The van der Waals surface area contributed by atoms with E-state index in [4.69, 9.17) is 17.3 Å². The third-order valence-electron chi connectivity index (χ3n) is 2.18. The first-order valence-corrected chi connectivity index (χ1v) is 6.50. The molecule has 2 rings (SSSR count). The molecule has 1 amide bonds. The van der Waals surface area contributed by atoms with Crippen LogP contribution in [0.25, 0.3) is 0 Å². The second-order valence-electron chi connectivity index (χ2n) is 3.56. The van der Waals surface area contributed by atoms with Crippen LogP contribution >= 0.6 is 34.2 Å². The summed E-state index contributed by atoms with van der Waals surface area (Å²) in [6.45, 7) is 0. The summed E-state index contributed by atoms with van der Waals surface area (Å²) in [6.07, 6.45) is 0. The van der Waals surface area contributed by atoms with Crippen molar-refractivity contribution in [3.05, 3.63) is 50.7 Å². The van der Waals surface area contributed by atoms with Crippen LogP contribution in [-0.4, -0.2) is 10.9 Å². The first-order valence-electron chi connectivity index (χ1n) is 5.04. The Morgan fingerprint density at radius 1 is 1.28 bits per heavy atom. The molecule has 1 aromatic carbocycles. The van der Waals surface area contributed by atoms with Crippen LogP contribution in [0.3, 0.4) is 0 Å². The minimum atomic E-state index is -0.271. The van der Waals surface area contributed by atoms with Gasteiger partial charge in [0.1, 0.15) is 11.0 Å².